The summed E-state index contributed by atoms with van der Waals surface area (Å²) in [4.78, 5) is 4.54. The smallest absolute Gasteiger partial charge is 0.140 e. The van der Waals surface area contributed by atoms with Crippen molar-refractivity contribution in [3.8, 4) is 0 Å². The largest absolute Gasteiger partial charge is 0.327 e. The van der Waals surface area contributed by atoms with Gasteiger partial charge in [0.25, 0.3) is 0 Å². The molecule has 0 saturated carbocycles. The molecule has 0 unspecified atom stereocenters. The maximum Gasteiger partial charge on any atom is 0.140 e. The Kier molecular flexibility index (Phi) is 2.42. The van der Waals surface area contributed by atoms with Gasteiger partial charge in [-0.15, -0.1) is 0 Å². The Hall–Kier alpha value is -1.83. The van der Waals surface area contributed by atoms with Crippen LogP contribution in [0, 0.1) is 0 Å². The van der Waals surface area contributed by atoms with E-state index in [0.29, 0.717) is 0 Å². The molecule has 0 N–H and O–H groups in total. The molecular weight excluding hydrogens is 184 g/mol. The zero-order valence-electron chi connectivity index (χ0n) is 9.07. The second kappa shape index (κ2) is 3.73. The molecule has 2 heteroatoms. The van der Waals surface area contributed by atoms with E-state index in [2.05, 4.69) is 22.2 Å². The number of imidazole rings is 1. The van der Waals surface area contributed by atoms with E-state index in [1.807, 2.05) is 44.3 Å². The Morgan fingerprint density at radius 3 is 2.80 bits per heavy atom. The number of nitrogens with zero attached hydrogens (tertiary/aromatic N) is 2. The highest BCUT2D eigenvalue weighted by molar-refractivity contribution is 5.81. The number of allylic oxidation sites excluding steroid dienone is 3. The van der Waals surface area contributed by atoms with E-state index in [9.17, 15) is 0 Å². The first-order chi connectivity index (χ1) is 7.24. The first-order valence-corrected chi connectivity index (χ1v) is 4.97. The Morgan fingerprint density at radius 1 is 1.40 bits per heavy atom. The third kappa shape index (κ3) is 1.59. The Labute approximate surface area is 89.6 Å². The van der Waals surface area contributed by atoms with Gasteiger partial charge in [0.2, 0.25) is 0 Å². The summed E-state index contributed by atoms with van der Waals surface area (Å²) in [5.74, 6) is 0.925. The molecule has 1 aromatic heterocycles. The summed E-state index contributed by atoms with van der Waals surface area (Å²) in [5.41, 5.74) is 3.09. The molecule has 0 amide bonds. The van der Waals surface area contributed by atoms with E-state index in [4.69, 9.17) is 0 Å². The predicted molar refractivity (Wildman–Crippen MR) is 64.6 cm³/mol. The van der Waals surface area contributed by atoms with E-state index in [1.165, 1.54) is 0 Å². The summed E-state index contributed by atoms with van der Waals surface area (Å²) in [6.07, 6.45) is 3.95. The van der Waals surface area contributed by atoms with E-state index < -0.39 is 0 Å². The number of hydrogen-bond acceptors (Lipinski definition) is 1. The van der Waals surface area contributed by atoms with Crippen LogP contribution in [0.15, 0.2) is 43.0 Å². The van der Waals surface area contributed by atoms with Crippen LogP contribution in [0.25, 0.3) is 16.6 Å². The lowest BCUT2D eigenvalue weighted by Crippen LogP contribution is -1.94. The van der Waals surface area contributed by atoms with Gasteiger partial charge in [-0.3, -0.25) is 0 Å². The number of aryl methyl sites for hydroxylation is 1. The third-order valence-corrected chi connectivity index (χ3v) is 2.44. The van der Waals surface area contributed by atoms with Gasteiger partial charge in [-0.2, -0.15) is 0 Å². The minimum absolute atomic E-state index is 0.925. The van der Waals surface area contributed by atoms with E-state index in [-0.39, 0.29) is 0 Å². The second-order valence-corrected chi connectivity index (χ2v) is 3.51. The highest BCUT2D eigenvalue weighted by Crippen LogP contribution is 2.19. The molecule has 15 heavy (non-hydrogen) atoms. The first kappa shape index (κ1) is 9.71. The van der Waals surface area contributed by atoms with Crippen LogP contribution in [0.1, 0.15) is 12.7 Å². The van der Waals surface area contributed by atoms with Crippen molar-refractivity contribution < 1.29 is 0 Å². The molecule has 0 spiro atoms. The normalized spacial score (nSPS) is 11.3. The number of benzene rings is 1. The van der Waals surface area contributed by atoms with E-state index in [1.54, 1.807) is 0 Å². The van der Waals surface area contributed by atoms with Gasteiger partial charge in [0.05, 0.1) is 11.0 Å². The molecule has 1 aromatic carbocycles. The molecule has 0 fully saturated rings. The summed E-state index contributed by atoms with van der Waals surface area (Å²) in [6.45, 7) is 5.98. The van der Waals surface area contributed by atoms with Crippen molar-refractivity contribution in [3.05, 3.63) is 48.8 Å². The molecule has 0 saturated heterocycles. The molecule has 0 radical (unpaired) electrons. The van der Waals surface area contributed by atoms with Gasteiger partial charge in [-0.1, -0.05) is 30.9 Å². The number of hydrogen-bond donors (Lipinski definition) is 0. The van der Waals surface area contributed by atoms with Crippen molar-refractivity contribution in [2.24, 2.45) is 7.05 Å². The predicted octanol–water partition coefficient (Wildman–Crippen LogP) is 3.16. The fraction of sp³-hybridized carbons (Fsp3) is 0.154. The van der Waals surface area contributed by atoms with Crippen LogP contribution in [0.5, 0.6) is 0 Å². The number of aromatic nitrogens is 2. The highest BCUT2D eigenvalue weighted by Gasteiger charge is 2.07. The van der Waals surface area contributed by atoms with Crippen molar-refractivity contribution >= 4 is 16.6 Å². The molecule has 0 bridgehead atoms. The lowest BCUT2D eigenvalue weighted by molar-refractivity contribution is 0.924. The number of para-hydroxylation sites is 2. The molecule has 2 rings (SSSR count). The van der Waals surface area contributed by atoms with Crippen molar-refractivity contribution in [2.75, 3.05) is 0 Å². The summed E-state index contributed by atoms with van der Waals surface area (Å²) < 4.78 is 2.07. The molecule has 0 aliphatic carbocycles. The third-order valence-electron chi connectivity index (χ3n) is 2.44. The fourth-order valence-electron chi connectivity index (χ4n) is 1.71. The first-order valence-electron chi connectivity index (χ1n) is 4.97. The summed E-state index contributed by atoms with van der Waals surface area (Å²) in [6, 6.07) is 8.10. The Bertz CT molecular complexity index is 532. The van der Waals surface area contributed by atoms with Crippen LogP contribution < -0.4 is 0 Å². The van der Waals surface area contributed by atoms with Gasteiger partial charge in [-0.05, 0) is 19.1 Å². The van der Waals surface area contributed by atoms with Crippen LogP contribution >= 0.6 is 0 Å². The van der Waals surface area contributed by atoms with Gasteiger partial charge >= 0.3 is 0 Å². The van der Waals surface area contributed by atoms with Crippen LogP contribution in [0.4, 0.5) is 0 Å². The van der Waals surface area contributed by atoms with Crippen LogP contribution in [0.2, 0.25) is 0 Å². The van der Waals surface area contributed by atoms with Crippen LogP contribution in [-0.2, 0) is 7.05 Å². The van der Waals surface area contributed by atoms with Crippen LogP contribution in [-0.4, -0.2) is 9.55 Å². The summed E-state index contributed by atoms with van der Waals surface area (Å²) in [5, 5.41) is 0. The lowest BCUT2D eigenvalue weighted by atomic mass is 10.2. The van der Waals surface area contributed by atoms with E-state index in [0.717, 1.165) is 22.4 Å². The molecule has 0 atom stereocenters. The molecular formula is C13H14N2. The van der Waals surface area contributed by atoms with Crippen molar-refractivity contribution in [3.63, 3.8) is 0 Å². The second-order valence-electron chi connectivity index (χ2n) is 3.51. The van der Waals surface area contributed by atoms with Gasteiger partial charge in [-0.25, -0.2) is 4.98 Å². The van der Waals surface area contributed by atoms with Crippen molar-refractivity contribution in [1.82, 2.24) is 9.55 Å². The summed E-state index contributed by atoms with van der Waals surface area (Å²) in [7, 11) is 2.01. The zero-order chi connectivity index (χ0) is 10.8. The molecule has 2 nitrogen and oxygen atoms in total. The molecule has 0 aliphatic rings. The zero-order valence-corrected chi connectivity index (χ0v) is 9.07. The molecule has 2 aromatic rings. The summed E-state index contributed by atoms with van der Waals surface area (Å²) >= 11 is 0. The van der Waals surface area contributed by atoms with Gasteiger partial charge in [0.1, 0.15) is 5.82 Å². The quantitative estimate of drug-likeness (QED) is 0.678. The standard InChI is InChI=1S/C13H14N2/c1-4-7-10(2)13-14-11-8-5-6-9-12(11)15(13)3/h4-9H,2H2,1,3H3. The average molecular weight is 198 g/mol. The maximum absolute atomic E-state index is 4.54. The Morgan fingerprint density at radius 2 is 2.13 bits per heavy atom. The SMILES string of the molecule is C=C(C=CC)c1nc2ccccc2n1C. The maximum atomic E-state index is 4.54. The minimum Gasteiger partial charge on any atom is -0.327 e. The minimum atomic E-state index is 0.925. The lowest BCUT2D eigenvalue weighted by Gasteiger charge is -2.00. The average Bonchev–Trinajstić information content (AvgIpc) is 2.57. The molecule has 0 aliphatic heterocycles. The topological polar surface area (TPSA) is 17.8 Å². The highest BCUT2D eigenvalue weighted by atomic mass is 15.1. The van der Waals surface area contributed by atoms with Gasteiger partial charge in [0, 0.05) is 12.6 Å². The fourth-order valence-corrected chi connectivity index (χ4v) is 1.71. The molecule has 1 heterocycles. The van der Waals surface area contributed by atoms with Crippen molar-refractivity contribution in [2.45, 2.75) is 6.92 Å². The number of fused-ring (bicyclic) bond motifs is 1. The Balaban J connectivity index is 2.63. The monoisotopic (exact) mass is 198 g/mol. The van der Waals surface area contributed by atoms with Gasteiger partial charge in [0.15, 0.2) is 0 Å². The number of rotatable bonds is 2. The van der Waals surface area contributed by atoms with E-state index >= 15 is 0 Å². The molecule has 76 valence electrons. The van der Waals surface area contributed by atoms with Gasteiger partial charge < -0.3 is 4.57 Å². The van der Waals surface area contributed by atoms with Crippen LogP contribution in [0.3, 0.4) is 0 Å². The van der Waals surface area contributed by atoms with Crippen molar-refractivity contribution in [1.29, 1.82) is 0 Å².